The summed E-state index contributed by atoms with van der Waals surface area (Å²) in [7, 11) is 3.23. The van der Waals surface area contributed by atoms with E-state index in [0.29, 0.717) is 23.0 Å². The first-order valence-corrected chi connectivity index (χ1v) is 9.74. The lowest BCUT2D eigenvalue weighted by atomic mass is 10.0. The normalized spacial score (nSPS) is 10.8. The molecule has 1 heterocycles. The zero-order chi connectivity index (χ0) is 21.1. The van der Waals surface area contributed by atoms with E-state index in [9.17, 15) is 4.79 Å². The molecule has 0 unspecified atom stereocenters. The number of nitrogens with zero attached hydrogens (tertiary/aromatic N) is 1. The van der Waals surface area contributed by atoms with Gasteiger partial charge in [0.15, 0.2) is 5.76 Å². The van der Waals surface area contributed by atoms with Crippen molar-refractivity contribution in [3.8, 4) is 34.1 Å². The minimum Gasteiger partial charge on any atom is -0.497 e. The van der Waals surface area contributed by atoms with Crippen LogP contribution in [0.5, 0.6) is 11.5 Å². The van der Waals surface area contributed by atoms with Gasteiger partial charge in [-0.3, -0.25) is 4.57 Å². The number of methoxy groups -OCH3 is 2. The second-order valence-electron chi connectivity index (χ2n) is 6.72. The lowest BCUT2D eigenvalue weighted by Gasteiger charge is -2.10. The standard InChI is InChI=1S/C24H20ClNO4/c1-28-20-10-6-17(7-11-20)22-23(18-8-12-21(29-2)13-9-18)30-24(27)26(22)15-16-4-3-5-19(25)14-16/h3-14H,15H2,1-2H3. The molecule has 30 heavy (non-hydrogen) atoms. The van der Waals surface area contributed by atoms with E-state index in [1.54, 1.807) is 24.9 Å². The molecule has 4 aromatic rings. The van der Waals surface area contributed by atoms with E-state index in [-0.39, 0.29) is 0 Å². The van der Waals surface area contributed by atoms with Gasteiger partial charge in [-0.2, -0.15) is 0 Å². The third-order valence-electron chi connectivity index (χ3n) is 4.84. The molecule has 0 aliphatic heterocycles. The number of ether oxygens (including phenoxy) is 2. The van der Waals surface area contributed by atoms with Crippen LogP contribution in [0.25, 0.3) is 22.6 Å². The molecule has 0 atom stereocenters. The molecule has 4 rings (SSSR count). The van der Waals surface area contributed by atoms with Crippen molar-refractivity contribution < 1.29 is 13.9 Å². The van der Waals surface area contributed by atoms with Gasteiger partial charge in [-0.05, 0) is 66.2 Å². The van der Waals surface area contributed by atoms with Crippen LogP contribution in [0.15, 0.2) is 82.0 Å². The quantitative estimate of drug-likeness (QED) is 0.413. The monoisotopic (exact) mass is 421 g/mol. The highest BCUT2D eigenvalue weighted by molar-refractivity contribution is 6.30. The Morgan fingerprint density at radius 3 is 2.03 bits per heavy atom. The van der Waals surface area contributed by atoms with E-state index in [2.05, 4.69) is 0 Å². The summed E-state index contributed by atoms with van der Waals surface area (Å²) in [5, 5.41) is 0.616. The predicted molar refractivity (Wildman–Crippen MR) is 117 cm³/mol. The number of rotatable bonds is 6. The summed E-state index contributed by atoms with van der Waals surface area (Å²) in [5.41, 5.74) is 3.22. The summed E-state index contributed by atoms with van der Waals surface area (Å²) >= 11 is 6.13. The zero-order valence-electron chi connectivity index (χ0n) is 16.6. The summed E-state index contributed by atoms with van der Waals surface area (Å²) in [5.74, 6) is 1.52. The molecule has 1 aromatic heterocycles. The smallest absolute Gasteiger partial charge is 0.420 e. The first kappa shape index (κ1) is 19.9. The van der Waals surface area contributed by atoms with Crippen LogP contribution in [-0.4, -0.2) is 18.8 Å². The van der Waals surface area contributed by atoms with E-state index in [0.717, 1.165) is 28.2 Å². The Hall–Kier alpha value is -3.44. The number of halogens is 1. The molecule has 0 fully saturated rings. The molecule has 3 aromatic carbocycles. The number of benzene rings is 3. The molecule has 152 valence electrons. The summed E-state index contributed by atoms with van der Waals surface area (Å²) in [6.07, 6.45) is 0. The summed E-state index contributed by atoms with van der Waals surface area (Å²) in [4.78, 5) is 12.9. The molecule has 0 saturated heterocycles. The Bertz CT molecular complexity index is 1210. The average molecular weight is 422 g/mol. The van der Waals surface area contributed by atoms with Crippen molar-refractivity contribution in [2.24, 2.45) is 0 Å². The van der Waals surface area contributed by atoms with Crippen LogP contribution in [0.3, 0.4) is 0 Å². The molecule has 0 N–H and O–H groups in total. The molecular weight excluding hydrogens is 402 g/mol. The van der Waals surface area contributed by atoms with Gasteiger partial charge in [0.25, 0.3) is 0 Å². The fourth-order valence-corrected chi connectivity index (χ4v) is 3.55. The second kappa shape index (κ2) is 8.51. The molecule has 6 heteroatoms. The summed E-state index contributed by atoms with van der Waals surface area (Å²) in [6, 6.07) is 22.4. The van der Waals surface area contributed by atoms with E-state index in [4.69, 9.17) is 25.5 Å². The van der Waals surface area contributed by atoms with Crippen LogP contribution in [0.2, 0.25) is 5.02 Å². The second-order valence-corrected chi connectivity index (χ2v) is 7.16. The molecule has 5 nitrogen and oxygen atoms in total. The lowest BCUT2D eigenvalue weighted by Crippen LogP contribution is -2.16. The Morgan fingerprint density at radius 1 is 0.867 bits per heavy atom. The van der Waals surface area contributed by atoms with Crippen molar-refractivity contribution in [3.05, 3.63) is 93.9 Å². The lowest BCUT2D eigenvalue weighted by molar-refractivity contribution is 0.414. The van der Waals surface area contributed by atoms with E-state index in [1.165, 1.54) is 0 Å². The van der Waals surface area contributed by atoms with Crippen LogP contribution in [0.1, 0.15) is 5.56 Å². The van der Waals surface area contributed by atoms with Gasteiger partial charge < -0.3 is 13.9 Å². The number of oxazole rings is 1. The van der Waals surface area contributed by atoms with Crippen LogP contribution in [0, 0.1) is 0 Å². The fourth-order valence-electron chi connectivity index (χ4n) is 3.34. The van der Waals surface area contributed by atoms with Crippen LogP contribution >= 0.6 is 11.6 Å². The number of hydrogen-bond acceptors (Lipinski definition) is 4. The van der Waals surface area contributed by atoms with Gasteiger partial charge in [0.05, 0.1) is 26.5 Å². The van der Waals surface area contributed by atoms with Crippen LogP contribution in [-0.2, 0) is 6.54 Å². The Labute approximate surface area is 179 Å². The van der Waals surface area contributed by atoms with Gasteiger partial charge in [-0.1, -0.05) is 23.7 Å². The molecular formula is C24H20ClNO4. The van der Waals surface area contributed by atoms with Gasteiger partial charge in [-0.25, -0.2) is 4.79 Å². The van der Waals surface area contributed by atoms with Crippen molar-refractivity contribution in [2.75, 3.05) is 14.2 Å². The first-order chi connectivity index (χ1) is 14.6. The topological polar surface area (TPSA) is 53.6 Å². The van der Waals surface area contributed by atoms with Crippen molar-refractivity contribution in [1.29, 1.82) is 0 Å². The Kier molecular flexibility index (Phi) is 5.63. The van der Waals surface area contributed by atoms with Crippen molar-refractivity contribution in [2.45, 2.75) is 6.54 Å². The molecule has 0 radical (unpaired) electrons. The van der Waals surface area contributed by atoms with Gasteiger partial charge >= 0.3 is 5.76 Å². The highest BCUT2D eigenvalue weighted by atomic mass is 35.5. The largest absolute Gasteiger partial charge is 0.497 e. The minimum atomic E-state index is -0.438. The molecule has 0 aliphatic carbocycles. The highest BCUT2D eigenvalue weighted by Gasteiger charge is 2.20. The third-order valence-corrected chi connectivity index (χ3v) is 5.08. The van der Waals surface area contributed by atoms with Crippen molar-refractivity contribution >= 4 is 11.6 Å². The van der Waals surface area contributed by atoms with E-state index in [1.807, 2.05) is 66.7 Å². The maximum absolute atomic E-state index is 12.9. The summed E-state index contributed by atoms with van der Waals surface area (Å²) < 4.78 is 17.8. The first-order valence-electron chi connectivity index (χ1n) is 9.36. The number of hydrogen-bond donors (Lipinski definition) is 0. The minimum absolute atomic E-state index is 0.334. The summed E-state index contributed by atoms with van der Waals surface area (Å²) in [6.45, 7) is 0.334. The van der Waals surface area contributed by atoms with Crippen LogP contribution in [0.4, 0.5) is 0 Å². The number of aromatic nitrogens is 1. The van der Waals surface area contributed by atoms with Crippen molar-refractivity contribution in [3.63, 3.8) is 0 Å². The van der Waals surface area contributed by atoms with E-state index < -0.39 is 5.76 Å². The third kappa shape index (κ3) is 3.98. The molecule has 0 spiro atoms. The maximum atomic E-state index is 12.9. The SMILES string of the molecule is COc1ccc(-c2oc(=O)n(Cc3cccc(Cl)c3)c2-c2ccc(OC)cc2)cc1. The van der Waals surface area contributed by atoms with Gasteiger partial charge in [0.2, 0.25) is 0 Å². The fraction of sp³-hybridized carbons (Fsp3) is 0.125. The van der Waals surface area contributed by atoms with Gasteiger partial charge in [0.1, 0.15) is 11.5 Å². The van der Waals surface area contributed by atoms with E-state index >= 15 is 0 Å². The predicted octanol–water partition coefficient (Wildman–Crippen LogP) is 5.49. The Balaban J connectivity index is 1.88. The average Bonchev–Trinajstić information content (AvgIpc) is 3.10. The molecule has 0 saturated carbocycles. The zero-order valence-corrected chi connectivity index (χ0v) is 17.3. The van der Waals surface area contributed by atoms with Crippen molar-refractivity contribution in [1.82, 2.24) is 4.57 Å². The highest BCUT2D eigenvalue weighted by Crippen LogP contribution is 2.34. The molecule has 0 bridgehead atoms. The van der Waals surface area contributed by atoms with Crippen LogP contribution < -0.4 is 15.2 Å². The Morgan fingerprint density at radius 2 is 1.47 bits per heavy atom. The van der Waals surface area contributed by atoms with Gasteiger partial charge in [-0.15, -0.1) is 0 Å². The van der Waals surface area contributed by atoms with Gasteiger partial charge in [0, 0.05) is 16.1 Å². The maximum Gasteiger partial charge on any atom is 0.420 e. The molecule has 0 amide bonds. The molecule has 0 aliphatic rings.